The Bertz CT molecular complexity index is 1430. The molecule has 0 radical (unpaired) electrons. The topological polar surface area (TPSA) is 65.2 Å². The van der Waals surface area contributed by atoms with Crippen LogP contribution in [0.4, 0.5) is 5.69 Å². The molecule has 0 fully saturated rings. The molecule has 0 bridgehead atoms. The minimum atomic E-state index is -0.0854. The molecule has 0 unspecified atom stereocenters. The highest BCUT2D eigenvalue weighted by molar-refractivity contribution is 7.21. The van der Waals surface area contributed by atoms with Gasteiger partial charge >= 0.3 is 0 Å². The van der Waals surface area contributed by atoms with E-state index in [4.69, 9.17) is 15.5 Å². The Balaban J connectivity index is 1.70. The lowest BCUT2D eigenvalue weighted by molar-refractivity contribution is 0.104. The van der Waals surface area contributed by atoms with Gasteiger partial charge in [-0.3, -0.25) is 4.79 Å². The predicted octanol–water partition coefficient (Wildman–Crippen LogP) is 6.84. The summed E-state index contributed by atoms with van der Waals surface area (Å²) in [4.78, 5) is 19.4. The van der Waals surface area contributed by atoms with Gasteiger partial charge in [0, 0.05) is 16.5 Å². The van der Waals surface area contributed by atoms with Crippen molar-refractivity contribution in [2.45, 2.75) is 6.92 Å². The molecule has 5 aromatic rings. The zero-order chi connectivity index (χ0) is 22.8. The van der Waals surface area contributed by atoms with E-state index in [2.05, 4.69) is 0 Å². The molecular formula is C28H22N2O2S. The normalized spacial score (nSPS) is 10.9. The molecule has 4 nitrogen and oxygen atoms in total. The predicted molar refractivity (Wildman–Crippen MR) is 136 cm³/mol. The van der Waals surface area contributed by atoms with Gasteiger partial charge in [-0.1, -0.05) is 60.7 Å². The fourth-order valence-electron chi connectivity index (χ4n) is 3.89. The first-order chi connectivity index (χ1) is 16.2. The molecule has 5 rings (SSSR count). The van der Waals surface area contributed by atoms with Crippen molar-refractivity contribution in [2.75, 3.05) is 12.3 Å². The van der Waals surface area contributed by atoms with Gasteiger partial charge in [-0.15, -0.1) is 11.3 Å². The van der Waals surface area contributed by atoms with Gasteiger partial charge in [-0.25, -0.2) is 4.98 Å². The van der Waals surface area contributed by atoms with Crippen LogP contribution in [0.25, 0.3) is 32.6 Å². The number of pyridine rings is 1. The van der Waals surface area contributed by atoms with Crippen molar-refractivity contribution in [3.8, 4) is 28.1 Å². The van der Waals surface area contributed by atoms with Gasteiger partial charge in [0.15, 0.2) is 0 Å². The van der Waals surface area contributed by atoms with E-state index in [1.54, 1.807) is 0 Å². The highest BCUT2D eigenvalue weighted by Crippen LogP contribution is 2.42. The Hall–Kier alpha value is -3.96. The Morgan fingerprint density at radius 2 is 1.58 bits per heavy atom. The molecule has 0 saturated heterocycles. The van der Waals surface area contributed by atoms with Crippen molar-refractivity contribution in [2.24, 2.45) is 0 Å². The molecule has 0 amide bonds. The maximum Gasteiger partial charge on any atom is 0.205 e. The number of nitrogen functional groups attached to an aromatic ring is 1. The number of fused-ring (bicyclic) bond motifs is 1. The van der Waals surface area contributed by atoms with Crippen LogP contribution < -0.4 is 10.5 Å². The summed E-state index contributed by atoms with van der Waals surface area (Å²) in [7, 11) is 0. The third-order valence-electron chi connectivity index (χ3n) is 5.49. The number of thiophene rings is 1. The van der Waals surface area contributed by atoms with Gasteiger partial charge in [0.2, 0.25) is 5.78 Å². The molecule has 2 N–H and O–H groups in total. The van der Waals surface area contributed by atoms with Crippen molar-refractivity contribution >= 4 is 33.0 Å². The second-order valence-electron chi connectivity index (χ2n) is 7.60. The minimum Gasteiger partial charge on any atom is -0.494 e. The summed E-state index contributed by atoms with van der Waals surface area (Å²) in [6.45, 7) is 2.58. The number of aromatic nitrogens is 1. The number of ketones is 1. The third kappa shape index (κ3) is 3.99. The molecule has 5 heteroatoms. The van der Waals surface area contributed by atoms with Gasteiger partial charge in [0.05, 0.1) is 18.0 Å². The van der Waals surface area contributed by atoms with E-state index in [1.807, 2.05) is 97.9 Å². The van der Waals surface area contributed by atoms with Crippen molar-refractivity contribution < 1.29 is 9.53 Å². The first kappa shape index (κ1) is 20.9. The molecule has 0 spiro atoms. The molecule has 162 valence electrons. The highest BCUT2D eigenvalue weighted by Gasteiger charge is 2.22. The van der Waals surface area contributed by atoms with Crippen LogP contribution >= 0.6 is 11.3 Å². The maximum absolute atomic E-state index is 13.2. The van der Waals surface area contributed by atoms with Gasteiger partial charge in [0.1, 0.15) is 15.5 Å². The first-order valence-corrected chi connectivity index (χ1v) is 11.6. The second kappa shape index (κ2) is 8.88. The summed E-state index contributed by atoms with van der Waals surface area (Å²) in [6, 6.07) is 29.2. The summed E-state index contributed by atoms with van der Waals surface area (Å²) in [6.07, 6.45) is 0. The molecule has 33 heavy (non-hydrogen) atoms. The lowest BCUT2D eigenvalue weighted by atomic mass is 9.99. The number of nitrogens with zero attached hydrogens (tertiary/aromatic N) is 1. The number of hydrogen-bond acceptors (Lipinski definition) is 5. The van der Waals surface area contributed by atoms with Crippen LogP contribution in [0.15, 0.2) is 91.0 Å². The summed E-state index contributed by atoms with van der Waals surface area (Å²) in [5.41, 5.74) is 11.5. The number of carbonyl (C=O) groups is 1. The lowest BCUT2D eigenvalue weighted by Gasteiger charge is -2.09. The van der Waals surface area contributed by atoms with Crippen molar-refractivity contribution in [1.82, 2.24) is 4.98 Å². The third-order valence-corrected chi connectivity index (χ3v) is 6.59. The summed E-state index contributed by atoms with van der Waals surface area (Å²) >= 11 is 1.35. The van der Waals surface area contributed by atoms with Crippen LogP contribution in [0.1, 0.15) is 22.2 Å². The largest absolute Gasteiger partial charge is 0.494 e. The van der Waals surface area contributed by atoms with Gasteiger partial charge < -0.3 is 10.5 Å². The standard InChI is InChI=1S/C28H22N2O2S/c1-2-32-21-15-13-19(14-16-21)23-17-22(18-9-5-3-6-10-18)24-25(29)27(33-28(24)30-23)26(31)20-11-7-4-8-12-20/h3-17H,2,29H2,1H3. The van der Waals surface area contributed by atoms with Gasteiger partial charge in [-0.05, 0) is 48.4 Å². The van der Waals surface area contributed by atoms with Gasteiger partial charge in [-0.2, -0.15) is 0 Å². The SMILES string of the molecule is CCOc1ccc(-c2cc(-c3ccccc3)c3c(N)c(C(=O)c4ccccc4)sc3n2)cc1. The van der Waals surface area contributed by atoms with Crippen LogP contribution in [0, 0.1) is 0 Å². The average Bonchev–Trinajstić information content (AvgIpc) is 3.21. The highest BCUT2D eigenvalue weighted by atomic mass is 32.1. The van der Waals surface area contributed by atoms with E-state index in [0.29, 0.717) is 22.7 Å². The number of hydrogen-bond donors (Lipinski definition) is 1. The monoisotopic (exact) mass is 450 g/mol. The fraction of sp³-hybridized carbons (Fsp3) is 0.0714. The minimum absolute atomic E-state index is 0.0854. The Morgan fingerprint density at radius 3 is 2.24 bits per heavy atom. The van der Waals surface area contributed by atoms with Crippen LogP contribution in [0.3, 0.4) is 0 Å². The number of anilines is 1. The quantitative estimate of drug-likeness (QED) is 0.288. The van der Waals surface area contributed by atoms with Crippen LogP contribution in [0.2, 0.25) is 0 Å². The molecular weight excluding hydrogens is 428 g/mol. The van der Waals surface area contributed by atoms with E-state index < -0.39 is 0 Å². The molecule has 0 aliphatic heterocycles. The number of benzene rings is 3. The van der Waals surface area contributed by atoms with E-state index in [9.17, 15) is 4.79 Å². The van der Waals surface area contributed by atoms with E-state index >= 15 is 0 Å². The molecule has 0 saturated carbocycles. The first-order valence-electron chi connectivity index (χ1n) is 10.8. The Labute approximate surface area is 196 Å². The zero-order valence-corrected chi connectivity index (χ0v) is 18.9. The van der Waals surface area contributed by atoms with Crippen molar-refractivity contribution in [1.29, 1.82) is 0 Å². The lowest BCUT2D eigenvalue weighted by Crippen LogP contribution is -2.01. The number of rotatable bonds is 6. The molecule has 0 atom stereocenters. The fourth-order valence-corrected chi connectivity index (χ4v) is 4.97. The number of nitrogens with two attached hydrogens (primary N) is 1. The zero-order valence-electron chi connectivity index (χ0n) is 18.1. The van der Waals surface area contributed by atoms with E-state index in [-0.39, 0.29) is 5.78 Å². The Morgan fingerprint density at radius 1 is 0.909 bits per heavy atom. The molecule has 0 aliphatic rings. The maximum atomic E-state index is 13.2. The smallest absolute Gasteiger partial charge is 0.205 e. The van der Waals surface area contributed by atoms with Crippen molar-refractivity contribution in [3.05, 3.63) is 101 Å². The molecule has 2 heterocycles. The van der Waals surface area contributed by atoms with E-state index in [1.165, 1.54) is 11.3 Å². The van der Waals surface area contributed by atoms with Crippen LogP contribution in [-0.2, 0) is 0 Å². The molecule has 2 aromatic heterocycles. The number of carbonyl (C=O) groups excluding carboxylic acids is 1. The molecule has 0 aliphatic carbocycles. The van der Waals surface area contributed by atoms with Crippen molar-refractivity contribution in [3.63, 3.8) is 0 Å². The Kier molecular flexibility index (Phi) is 5.63. The average molecular weight is 451 g/mol. The van der Waals surface area contributed by atoms with Gasteiger partial charge in [0.25, 0.3) is 0 Å². The summed E-state index contributed by atoms with van der Waals surface area (Å²) < 4.78 is 5.58. The second-order valence-corrected chi connectivity index (χ2v) is 8.60. The van der Waals surface area contributed by atoms with Crippen LogP contribution in [0.5, 0.6) is 5.75 Å². The summed E-state index contributed by atoms with van der Waals surface area (Å²) in [5, 5.41) is 0.820. The molecule has 3 aromatic carbocycles. The van der Waals surface area contributed by atoms with Crippen LogP contribution in [-0.4, -0.2) is 17.4 Å². The summed E-state index contributed by atoms with van der Waals surface area (Å²) in [5.74, 6) is 0.736. The van der Waals surface area contributed by atoms with E-state index in [0.717, 1.165) is 38.4 Å². The number of ether oxygens (including phenoxy) is 1.